The third kappa shape index (κ3) is 4.06. The maximum atomic E-state index is 11.9. The lowest BCUT2D eigenvalue weighted by molar-refractivity contribution is -0.124. The second-order valence-corrected chi connectivity index (χ2v) is 4.88. The molecule has 2 aromatic rings. The normalized spacial score (nSPS) is 13.1. The van der Waals surface area contributed by atoms with E-state index in [0.29, 0.717) is 6.54 Å². The highest BCUT2D eigenvalue weighted by Crippen LogP contribution is 2.21. The monoisotopic (exact) mass is 308 g/mol. The standard InChI is InChI=1S/C15H20N4O.ClH/c1-11(10-16)15(20)18-12(2)13-6-3-4-7-14(13)19-9-5-8-17-19;/h3-9,11-12H,10,16H2,1-2H3,(H,18,20);1H. The van der Waals surface area contributed by atoms with E-state index in [4.69, 9.17) is 5.73 Å². The van der Waals surface area contributed by atoms with Crippen molar-refractivity contribution in [3.63, 3.8) is 0 Å². The van der Waals surface area contributed by atoms with Gasteiger partial charge in [-0.05, 0) is 24.6 Å². The number of carbonyl (C=O) groups excluding carboxylic acids is 1. The van der Waals surface area contributed by atoms with Crippen LogP contribution >= 0.6 is 12.4 Å². The number of carbonyl (C=O) groups is 1. The Morgan fingerprint density at radius 3 is 2.67 bits per heavy atom. The van der Waals surface area contributed by atoms with Gasteiger partial charge in [0.15, 0.2) is 0 Å². The Balaban J connectivity index is 0.00000220. The molecule has 1 amide bonds. The van der Waals surface area contributed by atoms with E-state index in [1.807, 2.05) is 50.4 Å². The van der Waals surface area contributed by atoms with Gasteiger partial charge < -0.3 is 11.1 Å². The maximum absolute atomic E-state index is 11.9. The van der Waals surface area contributed by atoms with Crippen LogP contribution in [0.25, 0.3) is 5.69 Å². The van der Waals surface area contributed by atoms with Crippen LogP contribution in [0.1, 0.15) is 25.5 Å². The fourth-order valence-corrected chi connectivity index (χ4v) is 2.01. The van der Waals surface area contributed by atoms with E-state index in [2.05, 4.69) is 10.4 Å². The van der Waals surface area contributed by atoms with E-state index in [9.17, 15) is 4.79 Å². The fraction of sp³-hybridized carbons (Fsp3) is 0.333. The number of nitrogens with zero attached hydrogens (tertiary/aromatic N) is 2. The third-order valence-corrected chi connectivity index (χ3v) is 3.31. The van der Waals surface area contributed by atoms with Crippen LogP contribution in [-0.4, -0.2) is 22.2 Å². The molecule has 1 aromatic heterocycles. The molecule has 0 radical (unpaired) electrons. The van der Waals surface area contributed by atoms with Gasteiger partial charge in [-0.25, -0.2) is 4.68 Å². The summed E-state index contributed by atoms with van der Waals surface area (Å²) in [5.41, 5.74) is 7.51. The average molecular weight is 309 g/mol. The summed E-state index contributed by atoms with van der Waals surface area (Å²) in [6, 6.07) is 9.66. The maximum Gasteiger partial charge on any atom is 0.224 e. The van der Waals surface area contributed by atoms with Crippen molar-refractivity contribution in [2.75, 3.05) is 6.54 Å². The van der Waals surface area contributed by atoms with Crippen LogP contribution in [-0.2, 0) is 4.79 Å². The summed E-state index contributed by atoms with van der Waals surface area (Å²) in [5, 5.41) is 7.23. The predicted octanol–water partition coefficient (Wildman–Crippen LogP) is 2.07. The van der Waals surface area contributed by atoms with Gasteiger partial charge in [-0.1, -0.05) is 25.1 Å². The van der Waals surface area contributed by atoms with Gasteiger partial charge in [-0.3, -0.25) is 4.79 Å². The molecule has 0 fully saturated rings. The average Bonchev–Trinajstić information content (AvgIpc) is 3.00. The Kier molecular flexibility index (Phi) is 6.39. The number of aromatic nitrogens is 2. The van der Waals surface area contributed by atoms with Crippen LogP contribution in [0.3, 0.4) is 0 Å². The van der Waals surface area contributed by atoms with Crippen LogP contribution in [0.15, 0.2) is 42.7 Å². The number of nitrogens with one attached hydrogen (secondary N) is 1. The smallest absolute Gasteiger partial charge is 0.224 e. The van der Waals surface area contributed by atoms with Crippen molar-refractivity contribution in [2.24, 2.45) is 11.7 Å². The Bertz CT molecular complexity index is 571. The highest BCUT2D eigenvalue weighted by Gasteiger charge is 2.17. The fourth-order valence-electron chi connectivity index (χ4n) is 2.01. The number of benzene rings is 1. The molecular weight excluding hydrogens is 288 g/mol. The number of hydrogen-bond acceptors (Lipinski definition) is 3. The van der Waals surface area contributed by atoms with Crippen molar-refractivity contribution < 1.29 is 4.79 Å². The molecule has 5 nitrogen and oxygen atoms in total. The number of para-hydroxylation sites is 1. The van der Waals surface area contributed by atoms with Gasteiger partial charge in [0.2, 0.25) is 5.91 Å². The lowest BCUT2D eigenvalue weighted by Crippen LogP contribution is -2.35. The second kappa shape index (κ2) is 7.81. The molecule has 114 valence electrons. The topological polar surface area (TPSA) is 72.9 Å². The second-order valence-electron chi connectivity index (χ2n) is 4.88. The SMILES string of the molecule is CC(CN)C(=O)NC(C)c1ccccc1-n1cccn1.Cl. The van der Waals surface area contributed by atoms with Gasteiger partial charge in [0.05, 0.1) is 11.7 Å². The number of halogens is 1. The molecule has 1 aromatic carbocycles. The summed E-state index contributed by atoms with van der Waals surface area (Å²) in [6.45, 7) is 4.13. The highest BCUT2D eigenvalue weighted by atomic mass is 35.5. The van der Waals surface area contributed by atoms with Gasteiger partial charge in [0.25, 0.3) is 0 Å². The van der Waals surface area contributed by atoms with Crippen LogP contribution in [0.2, 0.25) is 0 Å². The zero-order valence-corrected chi connectivity index (χ0v) is 13.0. The lowest BCUT2D eigenvalue weighted by Gasteiger charge is -2.19. The first-order valence-corrected chi connectivity index (χ1v) is 6.73. The Morgan fingerprint density at radius 1 is 1.33 bits per heavy atom. The molecule has 0 aliphatic rings. The predicted molar refractivity (Wildman–Crippen MR) is 85.6 cm³/mol. The molecule has 21 heavy (non-hydrogen) atoms. The molecule has 2 unspecified atom stereocenters. The quantitative estimate of drug-likeness (QED) is 0.888. The molecule has 0 aliphatic heterocycles. The number of amides is 1. The lowest BCUT2D eigenvalue weighted by atomic mass is 10.0. The van der Waals surface area contributed by atoms with Crippen molar-refractivity contribution in [3.8, 4) is 5.69 Å². The Labute approximate surface area is 130 Å². The molecule has 0 saturated heterocycles. The Morgan fingerprint density at radius 2 is 2.05 bits per heavy atom. The van der Waals surface area contributed by atoms with Crippen molar-refractivity contribution in [2.45, 2.75) is 19.9 Å². The van der Waals surface area contributed by atoms with Gasteiger partial charge in [-0.2, -0.15) is 5.10 Å². The molecule has 6 heteroatoms. The van der Waals surface area contributed by atoms with Gasteiger partial charge in [0, 0.05) is 24.9 Å². The van der Waals surface area contributed by atoms with Gasteiger partial charge >= 0.3 is 0 Å². The summed E-state index contributed by atoms with van der Waals surface area (Å²) in [6.07, 6.45) is 3.62. The molecule has 2 rings (SSSR count). The first-order chi connectivity index (χ1) is 9.63. The van der Waals surface area contributed by atoms with Crippen LogP contribution < -0.4 is 11.1 Å². The van der Waals surface area contributed by atoms with Gasteiger partial charge in [-0.15, -0.1) is 12.4 Å². The number of hydrogen-bond donors (Lipinski definition) is 2. The summed E-state index contributed by atoms with van der Waals surface area (Å²) in [7, 11) is 0. The summed E-state index contributed by atoms with van der Waals surface area (Å²) in [4.78, 5) is 11.9. The zero-order chi connectivity index (χ0) is 14.5. The number of nitrogens with two attached hydrogens (primary N) is 1. The Hall–Kier alpha value is -1.85. The van der Waals surface area contributed by atoms with Crippen molar-refractivity contribution in [3.05, 3.63) is 48.3 Å². The van der Waals surface area contributed by atoms with E-state index >= 15 is 0 Å². The van der Waals surface area contributed by atoms with Crippen LogP contribution in [0.4, 0.5) is 0 Å². The van der Waals surface area contributed by atoms with Gasteiger partial charge in [0.1, 0.15) is 0 Å². The highest BCUT2D eigenvalue weighted by molar-refractivity contribution is 5.85. The van der Waals surface area contributed by atoms with Crippen molar-refractivity contribution in [1.82, 2.24) is 15.1 Å². The first-order valence-electron chi connectivity index (χ1n) is 6.73. The summed E-state index contributed by atoms with van der Waals surface area (Å²) in [5.74, 6) is -0.218. The largest absolute Gasteiger partial charge is 0.349 e. The molecule has 2 atom stereocenters. The zero-order valence-electron chi connectivity index (χ0n) is 12.2. The molecule has 0 spiro atoms. The molecule has 1 heterocycles. The van der Waals surface area contributed by atoms with Crippen LogP contribution in [0, 0.1) is 5.92 Å². The van der Waals surface area contributed by atoms with Crippen LogP contribution in [0.5, 0.6) is 0 Å². The molecule has 0 saturated carbocycles. The first kappa shape index (κ1) is 17.2. The minimum atomic E-state index is -0.186. The molecule has 3 N–H and O–H groups in total. The summed E-state index contributed by atoms with van der Waals surface area (Å²) < 4.78 is 1.80. The van der Waals surface area contributed by atoms with E-state index in [0.717, 1.165) is 11.3 Å². The van der Waals surface area contributed by atoms with E-state index < -0.39 is 0 Å². The number of rotatable bonds is 5. The summed E-state index contributed by atoms with van der Waals surface area (Å²) >= 11 is 0. The minimum Gasteiger partial charge on any atom is -0.349 e. The molecule has 0 bridgehead atoms. The van der Waals surface area contributed by atoms with E-state index in [1.165, 1.54) is 0 Å². The molecule has 0 aliphatic carbocycles. The minimum absolute atomic E-state index is 0. The van der Waals surface area contributed by atoms with Crippen molar-refractivity contribution >= 4 is 18.3 Å². The van der Waals surface area contributed by atoms with E-state index in [1.54, 1.807) is 10.9 Å². The van der Waals surface area contributed by atoms with Crippen molar-refractivity contribution in [1.29, 1.82) is 0 Å². The van der Waals surface area contributed by atoms with E-state index in [-0.39, 0.29) is 30.3 Å². The third-order valence-electron chi connectivity index (χ3n) is 3.31. The molecular formula is C15H21ClN4O.